The highest BCUT2D eigenvalue weighted by molar-refractivity contribution is 9.10. The molecule has 0 bridgehead atoms. The molecule has 1 atom stereocenters. The Bertz CT molecular complexity index is 628. The van der Waals surface area contributed by atoms with Gasteiger partial charge < -0.3 is 4.74 Å². The third-order valence-electron chi connectivity index (χ3n) is 2.80. The third-order valence-corrected chi connectivity index (χ3v) is 4.56. The van der Waals surface area contributed by atoms with E-state index in [0.717, 1.165) is 0 Å². The van der Waals surface area contributed by atoms with Crippen molar-refractivity contribution in [2.75, 3.05) is 7.11 Å². The van der Waals surface area contributed by atoms with Crippen LogP contribution in [-0.2, 0) is 0 Å². The van der Waals surface area contributed by atoms with Crippen LogP contribution in [0.5, 0.6) is 5.75 Å². The summed E-state index contributed by atoms with van der Waals surface area (Å²) in [6, 6.07) is 7.79. The number of alkyl halides is 1. The summed E-state index contributed by atoms with van der Waals surface area (Å²) >= 11 is 21.9. The first kappa shape index (κ1) is 15.9. The maximum atomic E-state index is 13.9. The average molecular weight is 398 g/mol. The van der Waals surface area contributed by atoms with E-state index >= 15 is 0 Å². The molecule has 6 heteroatoms. The molecule has 0 aliphatic rings. The van der Waals surface area contributed by atoms with Gasteiger partial charge >= 0.3 is 0 Å². The lowest BCUT2D eigenvalue weighted by Gasteiger charge is -2.16. The molecule has 2 aromatic rings. The van der Waals surface area contributed by atoms with Gasteiger partial charge in [-0.1, -0.05) is 45.2 Å². The topological polar surface area (TPSA) is 9.23 Å². The van der Waals surface area contributed by atoms with E-state index < -0.39 is 11.2 Å². The Kier molecular flexibility index (Phi) is 5.19. The average Bonchev–Trinajstić information content (AvgIpc) is 2.40. The molecule has 0 aromatic heterocycles. The number of methoxy groups -OCH3 is 1. The van der Waals surface area contributed by atoms with Crippen molar-refractivity contribution < 1.29 is 9.13 Å². The van der Waals surface area contributed by atoms with E-state index in [1.165, 1.54) is 13.2 Å². The van der Waals surface area contributed by atoms with E-state index in [0.29, 0.717) is 31.4 Å². The summed E-state index contributed by atoms with van der Waals surface area (Å²) in [5, 5.41) is -0.0344. The predicted molar refractivity (Wildman–Crippen MR) is 84.8 cm³/mol. The molecule has 0 saturated carbocycles. The molecular weight excluding hydrogens is 389 g/mol. The highest BCUT2D eigenvalue weighted by Crippen LogP contribution is 2.41. The Morgan fingerprint density at radius 2 is 1.90 bits per heavy atom. The quantitative estimate of drug-likeness (QED) is 0.557. The molecule has 0 saturated heterocycles. The van der Waals surface area contributed by atoms with E-state index in [4.69, 9.17) is 39.5 Å². The van der Waals surface area contributed by atoms with Crippen molar-refractivity contribution in [1.29, 1.82) is 0 Å². The molecule has 1 unspecified atom stereocenters. The van der Waals surface area contributed by atoms with Crippen LogP contribution >= 0.6 is 50.7 Å². The summed E-state index contributed by atoms with van der Waals surface area (Å²) in [6.45, 7) is 0. The maximum absolute atomic E-state index is 13.9. The van der Waals surface area contributed by atoms with Crippen LogP contribution in [0.15, 0.2) is 34.8 Å². The minimum Gasteiger partial charge on any atom is -0.495 e. The van der Waals surface area contributed by atoms with Gasteiger partial charge in [-0.15, -0.1) is 11.6 Å². The standard InChI is InChI=1S/C14H9BrCl3FO/c1-20-12-6-9(16)7(5-10(12)17)14(18)13-8(15)3-2-4-11(13)19/h2-6,14H,1H3. The van der Waals surface area contributed by atoms with Gasteiger partial charge in [0.2, 0.25) is 0 Å². The van der Waals surface area contributed by atoms with Crippen LogP contribution in [0, 0.1) is 5.82 Å². The van der Waals surface area contributed by atoms with Crippen molar-refractivity contribution in [1.82, 2.24) is 0 Å². The van der Waals surface area contributed by atoms with Crippen molar-refractivity contribution in [3.8, 4) is 5.75 Å². The Hall–Kier alpha value is -0.480. The van der Waals surface area contributed by atoms with Crippen molar-refractivity contribution in [2.24, 2.45) is 0 Å². The molecule has 106 valence electrons. The lowest BCUT2D eigenvalue weighted by molar-refractivity contribution is 0.415. The molecule has 2 aromatic carbocycles. The van der Waals surface area contributed by atoms with E-state index in [1.807, 2.05) is 0 Å². The van der Waals surface area contributed by atoms with Gasteiger partial charge in [-0.3, -0.25) is 0 Å². The number of hydrogen-bond acceptors (Lipinski definition) is 1. The summed E-state index contributed by atoms with van der Waals surface area (Å²) in [6.07, 6.45) is 0. The molecule has 0 aliphatic heterocycles. The van der Waals surface area contributed by atoms with Gasteiger partial charge in [0, 0.05) is 21.1 Å². The van der Waals surface area contributed by atoms with Crippen LogP contribution in [0.2, 0.25) is 10.0 Å². The monoisotopic (exact) mass is 396 g/mol. The summed E-state index contributed by atoms with van der Waals surface area (Å²) < 4.78 is 19.6. The first-order valence-corrected chi connectivity index (χ1v) is 7.55. The second-order valence-electron chi connectivity index (χ2n) is 4.01. The highest BCUT2D eigenvalue weighted by atomic mass is 79.9. The predicted octanol–water partition coefficient (Wildman–Crippen LogP) is 6.23. The molecule has 0 spiro atoms. The van der Waals surface area contributed by atoms with Gasteiger partial charge in [0.15, 0.2) is 0 Å². The van der Waals surface area contributed by atoms with Crippen LogP contribution in [0.25, 0.3) is 0 Å². The van der Waals surface area contributed by atoms with E-state index in [9.17, 15) is 4.39 Å². The van der Waals surface area contributed by atoms with Gasteiger partial charge in [0.05, 0.1) is 17.5 Å². The molecule has 20 heavy (non-hydrogen) atoms. The zero-order chi connectivity index (χ0) is 14.9. The maximum Gasteiger partial charge on any atom is 0.138 e. The summed E-state index contributed by atoms with van der Waals surface area (Å²) in [4.78, 5) is 0. The van der Waals surface area contributed by atoms with Crippen molar-refractivity contribution in [3.63, 3.8) is 0 Å². The van der Waals surface area contributed by atoms with Crippen molar-refractivity contribution >= 4 is 50.7 Å². The van der Waals surface area contributed by atoms with Gasteiger partial charge in [-0.25, -0.2) is 4.39 Å². The molecule has 0 aliphatic carbocycles. The largest absolute Gasteiger partial charge is 0.495 e. The van der Waals surface area contributed by atoms with Crippen LogP contribution in [-0.4, -0.2) is 7.11 Å². The molecule has 0 radical (unpaired) electrons. The zero-order valence-corrected chi connectivity index (χ0v) is 14.1. The summed E-state index contributed by atoms with van der Waals surface area (Å²) in [7, 11) is 1.49. The molecule has 1 nitrogen and oxygen atoms in total. The van der Waals surface area contributed by atoms with Gasteiger partial charge in [-0.05, 0) is 23.8 Å². The van der Waals surface area contributed by atoms with Gasteiger partial charge in [-0.2, -0.15) is 0 Å². The summed E-state index contributed by atoms with van der Waals surface area (Å²) in [5.41, 5.74) is 0.835. The second kappa shape index (κ2) is 6.52. The van der Waals surface area contributed by atoms with Crippen molar-refractivity contribution in [2.45, 2.75) is 5.38 Å². The van der Waals surface area contributed by atoms with E-state index in [1.54, 1.807) is 24.3 Å². The van der Waals surface area contributed by atoms with Crippen LogP contribution in [0.3, 0.4) is 0 Å². The minimum absolute atomic E-state index is 0.317. The summed E-state index contributed by atoms with van der Waals surface area (Å²) in [5.74, 6) is 0.0271. The first-order chi connectivity index (χ1) is 9.45. The number of rotatable bonds is 3. The lowest BCUT2D eigenvalue weighted by Crippen LogP contribution is -2.00. The van der Waals surface area contributed by atoms with E-state index in [-0.39, 0.29) is 0 Å². The molecular formula is C14H9BrCl3FO. The third kappa shape index (κ3) is 3.06. The number of benzene rings is 2. The first-order valence-electron chi connectivity index (χ1n) is 5.56. The van der Waals surface area contributed by atoms with Crippen LogP contribution in [0.1, 0.15) is 16.5 Å². The number of halogens is 5. The number of hydrogen-bond donors (Lipinski definition) is 0. The van der Waals surface area contributed by atoms with Crippen molar-refractivity contribution in [3.05, 3.63) is 61.8 Å². The molecule has 0 amide bonds. The Labute approximate surface area is 139 Å². The Balaban J connectivity index is 2.54. The zero-order valence-electron chi connectivity index (χ0n) is 10.3. The van der Waals surface area contributed by atoms with Crippen LogP contribution < -0.4 is 4.74 Å². The fourth-order valence-electron chi connectivity index (χ4n) is 1.80. The molecule has 0 fully saturated rings. The van der Waals surface area contributed by atoms with Crippen LogP contribution in [0.4, 0.5) is 4.39 Å². The minimum atomic E-state index is -0.763. The fraction of sp³-hybridized carbons (Fsp3) is 0.143. The second-order valence-corrected chi connectivity index (χ2v) is 6.11. The van der Waals surface area contributed by atoms with Gasteiger partial charge in [0.25, 0.3) is 0 Å². The number of ether oxygens (including phenoxy) is 1. The molecule has 2 rings (SSSR count). The Morgan fingerprint density at radius 1 is 1.20 bits per heavy atom. The molecule has 0 N–H and O–H groups in total. The smallest absolute Gasteiger partial charge is 0.138 e. The lowest BCUT2D eigenvalue weighted by atomic mass is 10.0. The Morgan fingerprint density at radius 3 is 2.50 bits per heavy atom. The normalized spacial score (nSPS) is 12.3. The van der Waals surface area contributed by atoms with Gasteiger partial charge in [0.1, 0.15) is 11.6 Å². The SMILES string of the molecule is COc1cc(Cl)c(C(Cl)c2c(F)cccc2Br)cc1Cl. The molecule has 0 heterocycles. The highest BCUT2D eigenvalue weighted by Gasteiger charge is 2.22. The fourth-order valence-corrected chi connectivity index (χ4v) is 3.48. The van der Waals surface area contributed by atoms with E-state index in [2.05, 4.69) is 15.9 Å².